The Morgan fingerprint density at radius 2 is 2.06 bits per heavy atom. The van der Waals surface area contributed by atoms with Crippen molar-refractivity contribution in [1.29, 1.82) is 0 Å². The zero-order valence-electron chi connectivity index (χ0n) is 18.2. The number of allylic oxidation sites excluding steroid dienone is 1. The highest BCUT2D eigenvalue weighted by Gasteiger charge is 2.15. The average molecular weight is 512 g/mol. The molecule has 0 unspecified atom stereocenters. The summed E-state index contributed by atoms with van der Waals surface area (Å²) in [6.45, 7) is 4.59. The normalized spacial score (nSPS) is 10.7. The molecular formula is C24H22ClN5O2S2. The number of anilines is 1. The van der Waals surface area contributed by atoms with Gasteiger partial charge >= 0.3 is 0 Å². The third kappa shape index (κ3) is 6.69. The first kappa shape index (κ1) is 24.0. The summed E-state index contributed by atoms with van der Waals surface area (Å²) in [6, 6.07) is 17.2. The van der Waals surface area contributed by atoms with Crippen LogP contribution >= 0.6 is 34.7 Å². The molecule has 0 aliphatic carbocycles. The van der Waals surface area contributed by atoms with Crippen molar-refractivity contribution in [3.63, 3.8) is 0 Å². The molecule has 0 saturated heterocycles. The van der Waals surface area contributed by atoms with E-state index < -0.39 is 0 Å². The summed E-state index contributed by atoms with van der Waals surface area (Å²) in [5.41, 5.74) is 1.10. The molecule has 0 aliphatic rings. The molecule has 0 bridgehead atoms. The van der Waals surface area contributed by atoms with Crippen molar-refractivity contribution >= 4 is 45.7 Å². The number of hydrogen-bond acceptors (Lipinski definition) is 7. The monoisotopic (exact) mass is 511 g/mol. The Bertz CT molecular complexity index is 1260. The predicted octanol–water partition coefficient (Wildman–Crippen LogP) is 5.47. The highest BCUT2D eigenvalue weighted by molar-refractivity contribution is 7.99. The quantitative estimate of drug-likeness (QED) is 0.212. The lowest BCUT2D eigenvalue weighted by atomic mass is 10.1. The molecule has 0 aliphatic heterocycles. The second kappa shape index (κ2) is 11.8. The maximum Gasteiger partial charge on any atom is 0.236 e. The summed E-state index contributed by atoms with van der Waals surface area (Å²) in [7, 11) is 0. The lowest BCUT2D eigenvalue weighted by molar-refractivity contribution is -0.113. The number of nitrogens with zero attached hydrogens (tertiary/aromatic N) is 4. The van der Waals surface area contributed by atoms with E-state index in [0.717, 1.165) is 16.2 Å². The van der Waals surface area contributed by atoms with Crippen LogP contribution in [-0.4, -0.2) is 31.4 Å². The van der Waals surface area contributed by atoms with Gasteiger partial charge in [-0.25, -0.2) is 4.98 Å². The Kier molecular flexibility index (Phi) is 8.35. The van der Waals surface area contributed by atoms with Crippen molar-refractivity contribution in [2.45, 2.75) is 24.7 Å². The second-order valence-electron chi connectivity index (χ2n) is 7.18. The van der Waals surface area contributed by atoms with E-state index >= 15 is 0 Å². The van der Waals surface area contributed by atoms with Crippen LogP contribution < -0.4 is 10.1 Å². The molecule has 1 N–H and O–H groups in total. The van der Waals surface area contributed by atoms with E-state index in [9.17, 15) is 4.79 Å². The highest BCUT2D eigenvalue weighted by atomic mass is 35.5. The molecule has 10 heteroatoms. The van der Waals surface area contributed by atoms with Crippen LogP contribution in [0, 0.1) is 0 Å². The first-order chi connectivity index (χ1) is 16.6. The molecule has 2 aromatic carbocycles. The molecule has 4 rings (SSSR count). The number of halogens is 1. The number of ether oxygens (including phenoxy) is 1. The third-order valence-electron chi connectivity index (χ3n) is 4.62. The summed E-state index contributed by atoms with van der Waals surface area (Å²) in [5.74, 6) is 1.43. The molecule has 0 radical (unpaired) electrons. The second-order valence-corrected chi connectivity index (χ2v) is 9.67. The van der Waals surface area contributed by atoms with Crippen LogP contribution in [0.2, 0.25) is 5.02 Å². The van der Waals surface area contributed by atoms with Gasteiger partial charge in [-0.15, -0.1) is 28.1 Å². The minimum atomic E-state index is -0.163. The Balaban J connectivity index is 1.31. The van der Waals surface area contributed by atoms with Crippen LogP contribution in [0.4, 0.5) is 5.13 Å². The minimum Gasteiger partial charge on any atom is -0.486 e. The van der Waals surface area contributed by atoms with Crippen molar-refractivity contribution in [3.05, 3.63) is 94.7 Å². The smallest absolute Gasteiger partial charge is 0.236 e. The number of carbonyl (C=O) groups excluding carboxylic acids is 1. The molecule has 2 heterocycles. The zero-order chi connectivity index (χ0) is 23.8. The van der Waals surface area contributed by atoms with Gasteiger partial charge in [0.05, 0.1) is 5.75 Å². The van der Waals surface area contributed by atoms with Gasteiger partial charge in [0.1, 0.15) is 12.4 Å². The highest BCUT2D eigenvalue weighted by Crippen LogP contribution is 2.24. The Hall–Kier alpha value is -3.14. The Morgan fingerprint density at radius 1 is 1.21 bits per heavy atom. The van der Waals surface area contributed by atoms with Crippen molar-refractivity contribution in [2.24, 2.45) is 0 Å². The van der Waals surface area contributed by atoms with Crippen LogP contribution in [0.3, 0.4) is 0 Å². The van der Waals surface area contributed by atoms with Crippen LogP contribution in [-0.2, 0) is 24.4 Å². The average Bonchev–Trinajstić information content (AvgIpc) is 3.43. The molecule has 7 nitrogen and oxygen atoms in total. The number of thioether (sulfide) groups is 1. The number of thiazole rings is 1. The van der Waals surface area contributed by atoms with Gasteiger partial charge in [-0.2, -0.15) is 0 Å². The molecule has 4 aromatic rings. The van der Waals surface area contributed by atoms with E-state index in [4.69, 9.17) is 16.3 Å². The number of rotatable bonds is 11. The fraction of sp³-hybridized carbons (Fsp3) is 0.167. The lowest BCUT2D eigenvalue weighted by Gasteiger charge is -2.09. The number of carbonyl (C=O) groups is 1. The van der Waals surface area contributed by atoms with Gasteiger partial charge in [-0.05, 0) is 29.8 Å². The van der Waals surface area contributed by atoms with Crippen molar-refractivity contribution in [2.75, 3.05) is 11.1 Å². The standard InChI is InChI=1S/C24H22ClN5O2S2/c1-2-11-30-21(15-32-19-9-4-3-5-10-19)28-29-24(30)33-16-22(31)27-23-26-14-20(34-23)13-17-7-6-8-18(25)12-17/h2-10,12,14H,1,11,13,15-16H2,(H,26,27,31). The number of aromatic nitrogens is 4. The number of nitrogens with one attached hydrogen (secondary N) is 1. The first-order valence-electron chi connectivity index (χ1n) is 10.4. The van der Waals surface area contributed by atoms with Gasteiger partial charge in [0.2, 0.25) is 5.91 Å². The van der Waals surface area contributed by atoms with Gasteiger partial charge in [0.25, 0.3) is 0 Å². The van der Waals surface area contributed by atoms with Gasteiger partial charge < -0.3 is 10.1 Å². The zero-order valence-corrected chi connectivity index (χ0v) is 20.6. The molecule has 0 atom stereocenters. The minimum absolute atomic E-state index is 0.163. The first-order valence-corrected chi connectivity index (χ1v) is 12.6. The van der Waals surface area contributed by atoms with E-state index in [1.54, 1.807) is 12.3 Å². The van der Waals surface area contributed by atoms with E-state index in [2.05, 4.69) is 27.1 Å². The molecule has 0 fully saturated rings. The molecule has 0 spiro atoms. The van der Waals surface area contributed by atoms with Gasteiger partial charge in [-0.1, -0.05) is 59.8 Å². The summed E-state index contributed by atoms with van der Waals surface area (Å²) in [5, 5.41) is 13.2. The Labute approximate surface area is 210 Å². The molecule has 174 valence electrons. The number of para-hydroxylation sites is 1. The number of hydrogen-bond donors (Lipinski definition) is 1. The molecule has 0 saturated carbocycles. The van der Waals surface area contributed by atoms with Crippen LogP contribution in [0.25, 0.3) is 0 Å². The predicted molar refractivity (Wildman–Crippen MR) is 137 cm³/mol. The maximum absolute atomic E-state index is 12.5. The topological polar surface area (TPSA) is 81.9 Å². The van der Waals surface area contributed by atoms with Gasteiger partial charge in [0.15, 0.2) is 16.1 Å². The molecule has 1 amide bonds. The van der Waals surface area contributed by atoms with Crippen molar-refractivity contribution < 1.29 is 9.53 Å². The molecule has 34 heavy (non-hydrogen) atoms. The fourth-order valence-corrected chi connectivity index (χ4v) is 4.93. The van der Waals surface area contributed by atoms with Crippen molar-refractivity contribution in [3.8, 4) is 5.75 Å². The Morgan fingerprint density at radius 3 is 2.85 bits per heavy atom. The van der Waals surface area contributed by atoms with E-state index in [1.165, 1.54) is 23.1 Å². The van der Waals surface area contributed by atoms with E-state index in [1.807, 2.05) is 59.2 Å². The number of amides is 1. The van der Waals surface area contributed by atoms with Gasteiger partial charge in [-0.3, -0.25) is 9.36 Å². The summed E-state index contributed by atoms with van der Waals surface area (Å²) in [6.07, 6.45) is 4.24. The maximum atomic E-state index is 12.5. The number of benzene rings is 2. The summed E-state index contributed by atoms with van der Waals surface area (Å²) in [4.78, 5) is 17.9. The molecule has 2 aromatic heterocycles. The van der Waals surface area contributed by atoms with E-state index in [-0.39, 0.29) is 18.3 Å². The summed E-state index contributed by atoms with van der Waals surface area (Å²) < 4.78 is 7.68. The van der Waals surface area contributed by atoms with Crippen LogP contribution in [0.1, 0.15) is 16.3 Å². The van der Waals surface area contributed by atoms with Crippen LogP contribution in [0.5, 0.6) is 5.75 Å². The summed E-state index contributed by atoms with van der Waals surface area (Å²) >= 11 is 8.80. The van der Waals surface area contributed by atoms with Gasteiger partial charge in [0, 0.05) is 29.1 Å². The largest absolute Gasteiger partial charge is 0.486 e. The van der Waals surface area contributed by atoms with Crippen molar-refractivity contribution in [1.82, 2.24) is 19.7 Å². The third-order valence-corrected chi connectivity index (χ3v) is 6.73. The lowest BCUT2D eigenvalue weighted by Crippen LogP contribution is -2.14. The molecular weight excluding hydrogens is 490 g/mol. The SMILES string of the molecule is C=CCn1c(COc2ccccc2)nnc1SCC(=O)Nc1ncc(Cc2cccc(Cl)c2)s1. The van der Waals surface area contributed by atoms with Crippen LogP contribution in [0.15, 0.2) is 78.6 Å². The van der Waals surface area contributed by atoms with E-state index in [0.29, 0.717) is 34.1 Å². The fourth-order valence-electron chi connectivity index (χ4n) is 3.09.